The maximum Gasteiger partial charge on any atom is 0.270 e. The second-order valence-electron chi connectivity index (χ2n) is 5.70. The molecule has 0 aliphatic carbocycles. The number of thiazole rings is 1. The van der Waals surface area contributed by atoms with Crippen molar-refractivity contribution < 1.29 is 14.3 Å². The molecule has 2 heterocycles. The Balaban J connectivity index is 1.56. The molecule has 142 valence electrons. The molecule has 0 spiro atoms. The van der Waals surface area contributed by atoms with E-state index in [9.17, 15) is 4.79 Å². The number of hydrogen-bond acceptors (Lipinski definition) is 6. The Bertz CT molecular complexity index is 875. The lowest BCUT2D eigenvalue weighted by molar-refractivity contribution is 0.0950. The van der Waals surface area contributed by atoms with Crippen LogP contribution in [0.1, 0.15) is 29.9 Å². The van der Waals surface area contributed by atoms with Crippen LogP contribution in [0.3, 0.4) is 0 Å². The number of rotatable bonds is 9. The monoisotopic (exact) mass is 402 g/mol. The first-order chi connectivity index (χ1) is 13.2. The fourth-order valence-corrected chi connectivity index (χ4v) is 4.07. The number of carbonyl (C=O) groups is 1. The van der Waals surface area contributed by atoms with Gasteiger partial charge in [-0.3, -0.25) is 4.79 Å². The number of benzene rings is 1. The van der Waals surface area contributed by atoms with Crippen molar-refractivity contribution in [2.24, 2.45) is 0 Å². The predicted octanol–water partition coefficient (Wildman–Crippen LogP) is 4.64. The van der Waals surface area contributed by atoms with E-state index >= 15 is 0 Å². The number of nitrogens with zero attached hydrogens (tertiary/aromatic N) is 1. The quantitative estimate of drug-likeness (QED) is 0.566. The van der Waals surface area contributed by atoms with E-state index in [1.165, 1.54) is 11.3 Å². The number of carbonyl (C=O) groups excluding carboxylic acids is 1. The Morgan fingerprint density at radius 2 is 1.93 bits per heavy atom. The zero-order chi connectivity index (χ0) is 19.1. The normalized spacial score (nSPS) is 10.6. The molecule has 3 aromatic rings. The Hall–Kier alpha value is -2.38. The van der Waals surface area contributed by atoms with Crippen molar-refractivity contribution in [1.29, 1.82) is 0 Å². The molecule has 0 aliphatic rings. The van der Waals surface area contributed by atoms with Crippen molar-refractivity contribution in [2.75, 3.05) is 19.8 Å². The maximum absolute atomic E-state index is 12.3. The maximum atomic E-state index is 12.3. The molecule has 1 N–H and O–H groups in total. The molecule has 0 saturated heterocycles. The number of ether oxygens (including phenoxy) is 2. The third-order valence-corrected chi connectivity index (χ3v) is 5.39. The molecule has 0 unspecified atom stereocenters. The van der Waals surface area contributed by atoms with Gasteiger partial charge in [0.2, 0.25) is 0 Å². The van der Waals surface area contributed by atoms with E-state index in [1.807, 2.05) is 48.9 Å². The molecule has 0 atom stereocenters. The predicted molar refractivity (Wildman–Crippen MR) is 110 cm³/mol. The largest absolute Gasteiger partial charge is 0.490 e. The minimum absolute atomic E-state index is 0.149. The highest BCUT2D eigenvalue weighted by atomic mass is 32.1. The Morgan fingerprint density at radius 3 is 2.67 bits per heavy atom. The van der Waals surface area contributed by atoms with Crippen LogP contribution in [0.4, 0.5) is 0 Å². The molecule has 5 nitrogen and oxygen atoms in total. The molecule has 0 saturated carbocycles. The number of hydrogen-bond donors (Lipinski definition) is 1. The van der Waals surface area contributed by atoms with Crippen LogP contribution in [0, 0.1) is 0 Å². The van der Waals surface area contributed by atoms with Crippen LogP contribution in [0.25, 0.3) is 10.6 Å². The summed E-state index contributed by atoms with van der Waals surface area (Å²) in [5, 5.41) is 9.63. The van der Waals surface area contributed by atoms with Gasteiger partial charge in [-0.1, -0.05) is 6.07 Å². The van der Waals surface area contributed by atoms with Crippen molar-refractivity contribution in [3.05, 3.63) is 51.7 Å². The number of amides is 1. The molecule has 3 rings (SSSR count). The summed E-state index contributed by atoms with van der Waals surface area (Å²) in [4.78, 5) is 16.7. The molecule has 27 heavy (non-hydrogen) atoms. The van der Waals surface area contributed by atoms with E-state index in [0.717, 1.165) is 27.6 Å². The summed E-state index contributed by atoms with van der Waals surface area (Å²) in [6.07, 6.45) is 0.708. The summed E-state index contributed by atoms with van der Waals surface area (Å²) in [6, 6.07) is 7.89. The van der Waals surface area contributed by atoms with Gasteiger partial charge in [0, 0.05) is 22.9 Å². The number of nitrogens with one attached hydrogen (secondary N) is 1. The first-order valence-electron chi connectivity index (χ1n) is 8.86. The van der Waals surface area contributed by atoms with Gasteiger partial charge in [0.25, 0.3) is 5.91 Å². The van der Waals surface area contributed by atoms with E-state index in [-0.39, 0.29) is 5.91 Å². The van der Waals surface area contributed by atoms with Crippen LogP contribution in [-0.2, 0) is 6.42 Å². The Labute approximate surface area is 167 Å². The van der Waals surface area contributed by atoms with Gasteiger partial charge in [-0.25, -0.2) is 4.98 Å². The van der Waals surface area contributed by atoms with Gasteiger partial charge in [-0.05, 0) is 49.4 Å². The van der Waals surface area contributed by atoms with Crippen LogP contribution in [0.5, 0.6) is 11.5 Å². The van der Waals surface area contributed by atoms with Gasteiger partial charge < -0.3 is 14.8 Å². The lowest BCUT2D eigenvalue weighted by Crippen LogP contribution is -2.26. The van der Waals surface area contributed by atoms with E-state index in [1.54, 1.807) is 16.7 Å². The average molecular weight is 403 g/mol. The van der Waals surface area contributed by atoms with Gasteiger partial charge in [0.05, 0.1) is 13.2 Å². The summed E-state index contributed by atoms with van der Waals surface area (Å²) in [7, 11) is 0. The Kier molecular flexibility index (Phi) is 6.84. The molecule has 0 radical (unpaired) electrons. The molecule has 0 bridgehead atoms. The van der Waals surface area contributed by atoms with Crippen LogP contribution < -0.4 is 14.8 Å². The zero-order valence-electron chi connectivity index (χ0n) is 15.4. The van der Waals surface area contributed by atoms with Crippen molar-refractivity contribution >= 4 is 28.6 Å². The van der Waals surface area contributed by atoms with Gasteiger partial charge >= 0.3 is 0 Å². The smallest absolute Gasteiger partial charge is 0.270 e. The summed E-state index contributed by atoms with van der Waals surface area (Å²) < 4.78 is 11.2. The summed E-state index contributed by atoms with van der Waals surface area (Å²) in [5.74, 6) is 1.34. The number of thiophene rings is 1. The molecule has 1 amide bonds. The highest BCUT2D eigenvalue weighted by Gasteiger charge is 2.12. The van der Waals surface area contributed by atoms with Crippen molar-refractivity contribution in [3.8, 4) is 22.1 Å². The zero-order valence-corrected chi connectivity index (χ0v) is 17.0. The fraction of sp³-hybridized carbons (Fsp3) is 0.300. The van der Waals surface area contributed by atoms with Crippen LogP contribution in [0.15, 0.2) is 40.4 Å². The minimum atomic E-state index is -0.149. The lowest BCUT2D eigenvalue weighted by atomic mass is 10.1. The van der Waals surface area contributed by atoms with Crippen molar-refractivity contribution in [1.82, 2.24) is 10.3 Å². The molecule has 0 fully saturated rings. The van der Waals surface area contributed by atoms with Gasteiger partial charge in [0.15, 0.2) is 11.5 Å². The van der Waals surface area contributed by atoms with Gasteiger partial charge in [-0.15, -0.1) is 11.3 Å². The van der Waals surface area contributed by atoms with E-state index in [4.69, 9.17) is 9.47 Å². The van der Waals surface area contributed by atoms with E-state index < -0.39 is 0 Å². The summed E-state index contributed by atoms with van der Waals surface area (Å²) in [5.41, 5.74) is 2.60. The van der Waals surface area contributed by atoms with E-state index in [0.29, 0.717) is 31.9 Å². The highest BCUT2D eigenvalue weighted by Crippen LogP contribution is 2.29. The van der Waals surface area contributed by atoms with Crippen LogP contribution in [-0.4, -0.2) is 30.6 Å². The highest BCUT2D eigenvalue weighted by molar-refractivity contribution is 7.14. The van der Waals surface area contributed by atoms with Crippen molar-refractivity contribution in [3.63, 3.8) is 0 Å². The third-order valence-electron chi connectivity index (χ3n) is 3.81. The summed E-state index contributed by atoms with van der Waals surface area (Å²) in [6.45, 7) is 5.60. The topological polar surface area (TPSA) is 60.5 Å². The van der Waals surface area contributed by atoms with Gasteiger partial charge in [-0.2, -0.15) is 11.3 Å². The second-order valence-corrected chi connectivity index (χ2v) is 7.34. The molecular formula is C20H22N2O3S2. The van der Waals surface area contributed by atoms with Crippen molar-refractivity contribution in [2.45, 2.75) is 20.3 Å². The molecule has 1 aromatic carbocycles. The van der Waals surface area contributed by atoms with Gasteiger partial charge in [0.1, 0.15) is 10.7 Å². The molecule has 0 aliphatic heterocycles. The fourth-order valence-electron chi connectivity index (χ4n) is 2.56. The standard InChI is InChI=1S/C20H22N2O3S2/c1-3-24-17-6-5-14(11-18(17)25-4-2)7-9-21-19(23)16-13-27-20(22-16)15-8-10-26-12-15/h5-6,8,10-13H,3-4,7,9H2,1-2H3,(H,21,23). The van der Waals surface area contributed by atoms with Crippen LogP contribution in [0.2, 0.25) is 0 Å². The Morgan fingerprint density at radius 1 is 1.11 bits per heavy atom. The molecule has 7 heteroatoms. The average Bonchev–Trinajstić information content (AvgIpc) is 3.35. The number of aromatic nitrogens is 1. The molecule has 2 aromatic heterocycles. The molecular weight excluding hydrogens is 380 g/mol. The van der Waals surface area contributed by atoms with E-state index in [2.05, 4.69) is 10.3 Å². The second kappa shape index (κ2) is 9.53. The lowest BCUT2D eigenvalue weighted by Gasteiger charge is -2.12. The summed E-state index contributed by atoms with van der Waals surface area (Å²) >= 11 is 3.10. The first kappa shape index (κ1) is 19.4. The van der Waals surface area contributed by atoms with Crippen LogP contribution >= 0.6 is 22.7 Å². The first-order valence-corrected chi connectivity index (χ1v) is 10.7. The minimum Gasteiger partial charge on any atom is -0.490 e. The SMILES string of the molecule is CCOc1ccc(CCNC(=O)c2csc(-c3ccsc3)n2)cc1OCC. The third kappa shape index (κ3) is 5.08.